The SMILES string of the molecule is O=Cc1cc2c(s1)n(Cc1ccccc1)c(=O)n1nccc21. The number of thiophene rings is 1. The van der Waals surface area contributed by atoms with Crippen LogP contribution >= 0.6 is 11.3 Å². The van der Waals surface area contributed by atoms with E-state index in [2.05, 4.69) is 5.10 Å². The van der Waals surface area contributed by atoms with E-state index in [1.807, 2.05) is 36.4 Å². The number of hydrogen-bond donors (Lipinski definition) is 0. The normalized spacial score (nSPS) is 11.3. The third-order valence-corrected chi connectivity index (χ3v) is 4.69. The molecular weight excluding hydrogens is 298 g/mol. The number of fused-ring (bicyclic) bond motifs is 3. The highest BCUT2D eigenvalue weighted by molar-refractivity contribution is 7.20. The van der Waals surface area contributed by atoms with Gasteiger partial charge in [0.15, 0.2) is 6.29 Å². The molecule has 0 aliphatic rings. The number of aldehydes is 1. The van der Waals surface area contributed by atoms with Crippen LogP contribution in [0.4, 0.5) is 0 Å². The smallest absolute Gasteiger partial charge is 0.297 e. The molecule has 0 unspecified atom stereocenters. The van der Waals surface area contributed by atoms with E-state index in [1.165, 1.54) is 15.9 Å². The molecule has 0 amide bonds. The van der Waals surface area contributed by atoms with E-state index in [1.54, 1.807) is 16.8 Å². The summed E-state index contributed by atoms with van der Waals surface area (Å²) in [5.74, 6) is 0. The lowest BCUT2D eigenvalue weighted by Gasteiger charge is -2.08. The molecule has 6 heteroatoms. The zero-order chi connectivity index (χ0) is 15.1. The van der Waals surface area contributed by atoms with Crippen molar-refractivity contribution in [2.45, 2.75) is 6.54 Å². The Morgan fingerprint density at radius 2 is 2.00 bits per heavy atom. The first-order valence-electron chi connectivity index (χ1n) is 6.77. The van der Waals surface area contributed by atoms with Crippen LogP contribution in [0.1, 0.15) is 15.2 Å². The molecule has 0 saturated carbocycles. The van der Waals surface area contributed by atoms with Gasteiger partial charge in [-0.2, -0.15) is 9.61 Å². The summed E-state index contributed by atoms with van der Waals surface area (Å²) in [6, 6.07) is 13.4. The van der Waals surface area contributed by atoms with E-state index >= 15 is 0 Å². The van der Waals surface area contributed by atoms with Crippen LogP contribution in [0.5, 0.6) is 0 Å². The van der Waals surface area contributed by atoms with Crippen LogP contribution in [0.25, 0.3) is 15.7 Å². The van der Waals surface area contributed by atoms with E-state index in [9.17, 15) is 9.59 Å². The molecular formula is C16H11N3O2S. The second kappa shape index (κ2) is 4.92. The van der Waals surface area contributed by atoms with Gasteiger partial charge in [0.2, 0.25) is 0 Å². The molecule has 3 heterocycles. The molecule has 0 N–H and O–H groups in total. The summed E-state index contributed by atoms with van der Waals surface area (Å²) < 4.78 is 3.05. The van der Waals surface area contributed by atoms with Crippen LogP contribution in [-0.4, -0.2) is 20.5 Å². The van der Waals surface area contributed by atoms with E-state index < -0.39 is 0 Å². The second-order valence-electron chi connectivity index (χ2n) is 4.97. The van der Waals surface area contributed by atoms with Crippen LogP contribution < -0.4 is 5.69 Å². The lowest BCUT2D eigenvalue weighted by atomic mass is 10.2. The van der Waals surface area contributed by atoms with Gasteiger partial charge < -0.3 is 0 Å². The largest absolute Gasteiger partial charge is 0.350 e. The van der Waals surface area contributed by atoms with Gasteiger partial charge in [0.05, 0.1) is 23.1 Å². The fourth-order valence-electron chi connectivity index (χ4n) is 2.61. The van der Waals surface area contributed by atoms with E-state index in [4.69, 9.17) is 0 Å². The number of nitrogens with zero attached hydrogens (tertiary/aromatic N) is 3. The molecule has 108 valence electrons. The molecule has 0 radical (unpaired) electrons. The van der Waals surface area contributed by atoms with Crippen molar-refractivity contribution >= 4 is 33.4 Å². The van der Waals surface area contributed by atoms with Crippen molar-refractivity contribution in [2.24, 2.45) is 0 Å². The third kappa shape index (κ3) is 1.88. The predicted octanol–water partition coefficient (Wildman–Crippen LogP) is 2.57. The Labute approximate surface area is 129 Å². The highest BCUT2D eigenvalue weighted by atomic mass is 32.1. The Kier molecular flexibility index (Phi) is 2.90. The van der Waals surface area contributed by atoms with Gasteiger partial charge in [-0.05, 0) is 17.7 Å². The monoisotopic (exact) mass is 309 g/mol. The summed E-state index contributed by atoms with van der Waals surface area (Å²) in [4.78, 5) is 25.2. The predicted molar refractivity (Wildman–Crippen MR) is 85.8 cm³/mol. The Hall–Kier alpha value is -2.73. The summed E-state index contributed by atoms with van der Waals surface area (Å²) in [5.41, 5.74) is 1.56. The second-order valence-corrected chi connectivity index (χ2v) is 6.03. The quantitative estimate of drug-likeness (QED) is 0.547. The van der Waals surface area contributed by atoms with Gasteiger partial charge in [0.25, 0.3) is 0 Å². The van der Waals surface area contributed by atoms with Crippen molar-refractivity contribution < 1.29 is 4.79 Å². The Bertz CT molecular complexity index is 1040. The molecule has 22 heavy (non-hydrogen) atoms. The summed E-state index contributed by atoms with van der Waals surface area (Å²) in [5, 5.41) is 4.98. The first-order valence-corrected chi connectivity index (χ1v) is 7.59. The molecule has 0 spiro atoms. The number of hydrogen-bond acceptors (Lipinski definition) is 4. The van der Waals surface area contributed by atoms with Crippen LogP contribution in [0.2, 0.25) is 0 Å². The van der Waals surface area contributed by atoms with E-state index in [0.717, 1.165) is 27.6 Å². The summed E-state index contributed by atoms with van der Waals surface area (Å²) in [6.45, 7) is 0.449. The average molecular weight is 309 g/mol. The van der Waals surface area contributed by atoms with Gasteiger partial charge >= 0.3 is 5.69 Å². The molecule has 0 aliphatic heterocycles. The zero-order valence-corrected chi connectivity index (χ0v) is 12.3. The Balaban J connectivity index is 2.05. The average Bonchev–Trinajstić information content (AvgIpc) is 3.18. The van der Waals surface area contributed by atoms with Gasteiger partial charge in [-0.15, -0.1) is 11.3 Å². The van der Waals surface area contributed by atoms with Crippen LogP contribution in [-0.2, 0) is 6.54 Å². The fourth-order valence-corrected chi connectivity index (χ4v) is 3.58. The molecule has 0 aliphatic carbocycles. The van der Waals surface area contributed by atoms with E-state index in [0.29, 0.717) is 11.4 Å². The topological polar surface area (TPSA) is 56.4 Å². The number of aromatic nitrogens is 3. The van der Waals surface area contributed by atoms with Crippen molar-refractivity contribution in [1.82, 2.24) is 14.2 Å². The maximum Gasteiger partial charge on any atom is 0.350 e. The molecule has 5 nitrogen and oxygen atoms in total. The minimum atomic E-state index is -0.198. The number of carbonyl (C=O) groups excluding carboxylic acids is 1. The minimum absolute atomic E-state index is 0.198. The van der Waals surface area contributed by atoms with Gasteiger partial charge in [0.1, 0.15) is 4.83 Å². The first-order chi connectivity index (χ1) is 10.8. The Morgan fingerprint density at radius 1 is 1.18 bits per heavy atom. The lowest BCUT2D eigenvalue weighted by molar-refractivity contribution is 0.112. The highest BCUT2D eigenvalue weighted by Gasteiger charge is 2.14. The number of carbonyl (C=O) groups is 1. The molecule has 4 aromatic rings. The molecule has 1 aromatic carbocycles. The number of rotatable bonds is 3. The van der Waals surface area contributed by atoms with Crippen molar-refractivity contribution in [2.75, 3.05) is 0 Å². The van der Waals surface area contributed by atoms with Crippen molar-refractivity contribution in [3.63, 3.8) is 0 Å². The molecule has 4 rings (SSSR count). The van der Waals surface area contributed by atoms with Crippen LogP contribution in [0.15, 0.2) is 53.5 Å². The molecule has 0 atom stereocenters. The summed E-state index contributed by atoms with van der Waals surface area (Å²) in [7, 11) is 0. The summed E-state index contributed by atoms with van der Waals surface area (Å²) >= 11 is 1.33. The van der Waals surface area contributed by atoms with Crippen molar-refractivity contribution in [3.05, 3.63) is 69.6 Å². The molecule has 3 aromatic heterocycles. The van der Waals surface area contributed by atoms with Crippen LogP contribution in [0.3, 0.4) is 0 Å². The van der Waals surface area contributed by atoms with Crippen molar-refractivity contribution in [1.29, 1.82) is 0 Å². The highest BCUT2D eigenvalue weighted by Crippen LogP contribution is 2.27. The lowest BCUT2D eigenvalue weighted by Crippen LogP contribution is -2.27. The fraction of sp³-hybridized carbons (Fsp3) is 0.0625. The third-order valence-electron chi connectivity index (χ3n) is 3.61. The summed E-state index contributed by atoms with van der Waals surface area (Å²) in [6.07, 6.45) is 2.41. The van der Waals surface area contributed by atoms with Crippen molar-refractivity contribution in [3.8, 4) is 0 Å². The minimum Gasteiger partial charge on any atom is -0.297 e. The maximum absolute atomic E-state index is 12.7. The molecule has 0 saturated heterocycles. The van der Waals surface area contributed by atoms with Gasteiger partial charge in [-0.25, -0.2) is 4.79 Å². The standard InChI is InChI=1S/C16H11N3O2S/c20-10-12-8-13-14-6-7-17-19(14)16(21)18(15(13)22-12)9-11-4-2-1-3-5-11/h1-8,10H,9H2. The van der Waals surface area contributed by atoms with Gasteiger partial charge in [-0.3, -0.25) is 9.36 Å². The van der Waals surface area contributed by atoms with Crippen LogP contribution in [0, 0.1) is 0 Å². The maximum atomic E-state index is 12.7. The number of benzene rings is 1. The molecule has 0 fully saturated rings. The van der Waals surface area contributed by atoms with Gasteiger partial charge in [0, 0.05) is 5.39 Å². The first kappa shape index (κ1) is 13.0. The Morgan fingerprint density at radius 3 is 2.77 bits per heavy atom. The molecule has 0 bridgehead atoms. The van der Waals surface area contributed by atoms with E-state index in [-0.39, 0.29) is 5.69 Å². The zero-order valence-electron chi connectivity index (χ0n) is 11.5. The van der Waals surface area contributed by atoms with Gasteiger partial charge in [-0.1, -0.05) is 30.3 Å².